The Morgan fingerprint density at radius 3 is 2.50 bits per heavy atom. The minimum Gasteiger partial charge on any atom is -0.490 e. The van der Waals surface area contributed by atoms with Crippen LogP contribution in [-0.2, 0) is 11.2 Å². The van der Waals surface area contributed by atoms with Crippen molar-refractivity contribution in [2.45, 2.75) is 71.4 Å². The molecule has 1 aliphatic carbocycles. The average Bonchev–Trinajstić information content (AvgIpc) is 2.87. The number of amides is 2. The molecule has 5 unspecified atom stereocenters. The lowest BCUT2D eigenvalue weighted by atomic mass is 9.74. The number of hydrogen-bond donors (Lipinski definition) is 1. The van der Waals surface area contributed by atoms with Gasteiger partial charge in [-0.3, -0.25) is 9.59 Å². The summed E-state index contributed by atoms with van der Waals surface area (Å²) in [7, 11) is 0. The molecule has 3 aliphatic rings. The van der Waals surface area contributed by atoms with Crippen LogP contribution in [0.2, 0.25) is 0 Å². The summed E-state index contributed by atoms with van der Waals surface area (Å²) < 4.78 is 11.8. The molecule has 0 radical (unpaired) electrons. The van der Waals surface area contributed by atoms with Crippen LogP contribution >= 0.6 is 0 Å². The molecule has 6 nitrogen and oxygen atoms in total. The van der Waals surface area contributed by atoms with E-state index in [9.17, 15) is 9.59 Å². The van der Waals surface area contributed by atoms with Crippen LogP contribution in [0.4, 0.5) is 0 Å². The first-order valence-corrected chi connectivity index (χ1v) is 13.6. The Morgan fingerprint density at radius 2 is 1.75 bits per heavy atom. The maximum Gasteiger partial charge on any atom is 0.254 e. The predicted octanol–water partition coefficient (Wildman–Crippen LogP) is 5.26. The van der Waals surface area contributed by atoms with Gasteiger partial charge in [0, 0.05) is 18.2 Å². The minimum absolute atomic E-state index is 0.00296. The van der Waals surface area contributed by atoms with Gasteiger partial charge in [0.05, 0.1) is 25.2 Å². The quantitative estimate of drug-likeness (QED) is 0.600. The Labute approximate surface area is 214 Å². The summed E-state index contributed by atoms with van der Waals surface area (Å²) in [5.74, 6) is 1.93. The van der Waals surface area contributed by atoms with Crippen molar-refractivity contribution in [3.63, 3.8) is 0 Å². The molecule has 6 heteroatoms. The minimum atomic E-state index is -0.477. The van der Waals surface area contributed by atoms with Gasteiger partial charge in [-0.25, -0.2) is 0 Å². The first-order chi connectivity index (χ1) is 17.4. The lowest BCUT2D eigenvalue weighted by molar-refractivity contribution is -0.125. The molecule has 0 bridgehead atoms. The largest absolute Gasteiger partial charge is 0.490 e. The van der Waals surface area contributed by atoms with Gasteiger partial charge in [0.1, 0.15) is 0 Å². The zero-order valence-corrected chi connectivity index (χ0v) is 21.9. The summed E-state index contributed by atoms with van der Waals surface area (Å²) in [5.41, 5.74) is 3.56. The summed E-state index contributed by atoms with van der Waals surface area (Å²) in [4.78, 5) is 29.7. The number of carbonyl (C=O) groups excluding carboxylic acids is 2. The highest BCUT2D eigenvalue weighted by Gasteiger charge is 2.47. The van der Waals surface area contributed by atoms with E-state index in [0.717, 1.165) is 41.7 Å². The van der Waals surface area contributed by atoms with Gasteiger partial charge in [-0.05, 0) is 73.4 Å². The van der Waals surface area contributed by atoms with Crippen LogP contribution in [0.25, 0.3) is 0 Å². The second-order valence-corrected chi connectivity index (χ2v) is 10.5. The molecule has 1 saturated carbocycles. The fourth-order valence-electron chi connectivity index (χ4n) is 6.41. The van der Waals surface area contributed by atoms with Crippen molar-refractivity contribution in [2.75, 3.05) is 19.8 Å². The highest BCUT2D eigenvalue weighted by molar-refractivity contribution is 6.01. The SMILES string of the molecule is CCOc1cc2c(cc1OCC)C1C(C(=O)NC3CCCC(C)C3C)c3ccccc3C(=O)N1CC2. The molecule has 2 heterocycles. The number of ether oxygens (including phenoxy) is 2. The maximum absolute atomic E-state index is 14.1. The Kier molecular flexibility index (Phi) is 6.96. The van der Waals surface area contributed by atoms with E-state index in [4.69, 9.17) is 9.47 Å². The van der Waals surface area contributed by atoms with Crippen molar-refractivity contribution in [1.29, 1.82) is 0 Å². The number of nitrogens with one attached hydrogen (secondary N) is 1. The molecule has 2 aromatic carbocycles. The summed E-state index contributed by atoms with van der Waals surface area (Å²) >= 11 is 0. The summed E-state index contributed by atoms with van der Waals surface area (Å²) in [6.45, 7) is 10.1. The normalized spacial score (nSPS) is 26.9. The highest BCUT2D eigenvalue weighted by atomic mass is 16.5. The van der Waals surface area contributed by atoms with E-state index in [1.54, 1.807) is 0 Å². The second-order valence-electron chi connectivity index (χ2n) is 10.5. The Hall–Kier alpha value is -3.02. The predicted molar refractivity (Wildman–Crippen MR) is 140 cm³/mol. The van der Waals surface area contributed by atoms with E-state index < -0.39 is 5.92 Å². The van der Waals surface area contributed by atoms with Crippen LogP contribution in [0, 0.1) is 11.8 Å². The lowest BCUT2D eigenvalue weighted by Crippen LogP contribution is -2.52. The van der Waals surface area contributed by atoms with Gasteiger partial charge in [-0.1, -0.05) is 44.9 Å². The fraction of sp³-hybridized carbons (Fsp3) is 0.533. The molecule has 2 aromatic rings. The Morgan fingerprint density at radius 1 is 1.03 bits per heavy atom. The first kappa shape index (κ1) is 24.7. The third-order valence-electron chi connectivity index (χ3n) is 8.50. The number of nitrogens with zero attached hydrogens (tertiary/aromatic N) is 1. The summed E-state index contributed by atoms with van der Waals surface area (Å²) in [6.07, 6.45) is 4.06. The van der Waals surface area contributed by atoms with Crippen molar-refractivity contribution in [2.24, 2.45) is 11.8 Å². The van der Waals surface area contributed by atoms with Crippen LogP contribution in [0.5, 0.6) is 11.5 Å². The molecule has 2 aliphatic heterocycles. The van der Waals surface area contributed by atoms with Crippen LogP contribution < -0.4 is 14.8 Å². The number of hydrogen-bond acceptors (Lipinski definition) is 4. The van der Waals surface area contributed by atoms with E-state index in [0.29, 0.717) is 42.9 Å². The molecule has 1 N–H and O–H groups in total. The van der Waals surface area contributed by atoms with Crippen molar-refractivity contribution >= 4 is 11.8 Å². The molecule has 5 atom stereocenters. The van der Waals surface area contributed by atoms with E-state index in [-0.39, 0.29) is 23.9 Å². The molecule has 5 rings (SSSR count). The maximum atomic E-state index is 14.1. The zero-order valence-electron chi connectivity index (χ0n) is 21.9. The first-order valence-electron chi connectivity index (χ1n) is 13.6. The van der Waals surface area contributed by atoms with Gasteiger partial charge in [0.15, 0.2) is 11.5 Å². The van der Waals surface area contributed by atoms with Gasteiger partial charge in [-0.2, -0.15) is 0 Å². The average molecular weight is 491 g/mol. The van der Waals surface area contributed by atoms with E-state index in [2.05, 4.69) is 19.2 Å². The van der Waals surface area contributed by atoms with E-state index >= 15 is 0 Å². The van der Waals surface area contributed by atoms with Crippen LogP contribution in [-0.4, -0.2) is 42.5 Å². The lowest BCUT2D eigenvalue weighted by Gasteiger charge is -2.46. The van der Waals surface area contributed by atoms with Gasteiger partial charge in [-0.15, -0.1) is 0 Å². The molecule has 192 valence electrons. The molecular formula is C30H38N2O4. The molecule has 0 spiro atoms. The van der Waals surface area contributed by atoms with Gasteiger partial charge < -0.3 is 19.7 Å². The van der Waals surface area contributed by atoms with Gasteiger partial charge in [0.25, 0.3) is 5.91 Å². The van der Waals surface area contributed by atoms with E-state index in [1.807, 2.05) is 55.1 Å². The Bertz CT molecular complexity index is 1150. The third-order valence-corrected chi connectivity index (χ3v) is 8.50. The number of rotatable bonds is 6. The Balaban J connectivity index is 1.59. The van der Waals surface area contributed by atoms with Crippen molar-refractivity contribution < 1.29 is 19.1 Å². The molecule has 36 heavy (non-hydrogen) atoms. The number of carbonyl (C=O) groups is 2. The van der Waals surface area contributed by atoms with Crippen molar-refractivity contribution in [3.8, 4) is 11.5 Å². The summed E-state index contributed by atoms with van der Waals surface area (Å²) in [5, 5.41) is 3.43. The topological polar surface area (TPSA) is 67.9 Å². The monoisotopic (exact) mass is 490 g/mol. The highest BCUT2D eigenvalue weighted by Crippen LogP contribution is 2.48. The smallest absolute Gasteiger partial charge is 0.254 e. The number of benzene rings is 2. The van der Waals surface area contributed by atoms with Crippen LogP contribution in [0.1, 0.15) is 86.0 Å². The van der Waals surface area contributed by atoms with Gasteiger partial charge in [0.2, 0.25) is 5.91 Å². The molecule has 0 saturated heterocycles. The fourth-order valence-corrected chi connectivity index (χ4v) is 6.41. The van der Waals surface area contributed by atoms with Crippen LogP contribution in [0.3, 0.4) is 0 Å². The third kappa shape index (κ3) is 4.25. The standard InChI is InChI=1S/C30H38N2O4/c1-5-35-25-16-20-14-15-32-28(23(20)17-26(25)36-6-2)27(21-11-7-8-12-22(21)30(32)34)29(33)31-24-13-9-10-18(3)19(24)4/h7-8,11-12,16-19,24,27-28H,5-6,9-10,13-15H2,1-4H3,(H,31,33). The molecule has 2 amide bonds. The molecule has 0 aromatic heterocycles. The van der Waals surface area contributed by atoms with Crippen LogP contribution in [0.15, 0.2) is 36.4 Å². The molecule has 1 fully saturated rings. The van der Waals surface area contributed by atoms with E-state index in [1.165, 1.54) is 6.42 Å². The van der Waals surface area contributed by atoms with Crippen molar-refractivity contribution in [1.82, 2.24) is 10.2 Å². The number of fused-ring (bicyclic) bond motifs is 4. The zero-order chi connectivity index (χ0) is 25.4. The second kappa shape index (κ2) is 10.2. The van der Waals surface area contributed by atoms with Crippen molar-refractivity contribution in [3.05, 3.63) is 58.7 Å². The summed E-state index contributed by atoms with van der Waals surface area (Å²) in [6, 6.07) is 11.5. The molecular weight excluding hydrogens is 452 g/mol. The van der Waals surface area contributed by atoms with Gasteiger partial charge >= 0.3 is 0 Å².